The summed E-state index contributed by atoms with van der Waals surface area (Å²) in [6.45, 7) is 1.60. The quantitative estimate of drug-likeness (QED) is 0.591. The molecule has 10 nitrogen and oxygen atoms in total. The molecule has 0 saturated carbocycles. The fourth-order valence-corrected chi connectivity index (χ4v) is 3.34. The SMILES string of the molecule is CC(=O)Nc1cccc(NC(=O)CSc2nnnn2-c2ccc3c(c2)OCO3)c1. The standard InChI is InChI=1S/C18H16N6O4S/c1-11(25)19-12-3-2-4-13(7-12)20-17(26)9-29-18-21-22-23-24(18)14-5-6-15-16(8-14)28-10-27-15/h2-8H,9-10H2,1H3,(H,19,25)(H,20,26). The lowest BCUT2D eigenvalue weighted by atomic mass is 10.2. The summed E-state index contributed by atoms with van der Waals surface area (Å²) >= 11 is 1.20. The van der Waals surface area contributed by atoms with Crippen LogP contribution in [0.15, 0.2) is 47.6 Å². The first-order valence-corrected chi connectivity index (χ1v) is 9.56. The Morgan fingerprint density at radius 1 is 1.10 bits per heavy atom. The first-order valence-electron chi connectivity index (χ1n) is 8.57. The molecule has 0 aliphatic carbocycles. The molecule has 3 aromatic rings. The number of aromatic nitrogens is 4. The van der Waals surface area contributed by atoms with E-state index in [2.05, 4.69) is 26.2 Å². The third kappa shape index (κ3) is 4.46. The number of nitrogens with one attached hydrogen (secondary N) is 2. The van der Waals surface area contributed by atoms with Gasteiger partial charge in [-0.15, -0.1) is 5.10 Å². The molecule has 0 spiro atoms. The van der Waals surface area contributed by atoms with Crippen LogP contribution in [0.2, 0.25) is 0 Å². The molecule has 148 valence electrons. The minimum Gasteiger partial charge on any atom is -0.454 e. The second-order valence-corrected chi connectivity index (χ2v) is 6.95. The van der Waals surface area contributed by atoms with Crippen LogP contribution in [0.4, 0.5) is 11.4 Å². The van der Waals surface area contributed by atoms with Crippen LogP contribution in [0, 0.1) is 0 Å². The molecule has 4 rings (SSSR count). The number of anilines is 2. The maximum Gasteiger partial charge on any atom is 0.234 e. The van der Waals surface area contributed by atoms with Crippen LogP contribution in [0.25, 0.3) is 5.69 Å². The third-order valence-electron chi connectivity index (χ3n) is 3.84. The number of carbonyl (C=O) groups is 2. The van der Waals surface area contributed by atoms with E-state index in [1.54, 1.807) is 36.4 Å². The van der Waals surface area contributed by atoms with Crippen LogP contribution < -0.4 is 20.1 Å². The average molecular weight is 412 g/mol. The van der Waals surface area contributed by atoms with Crippen molar-refractivity contribution in [2.75, 3.05) is 23.2 Å². The van der Waals surface area contributed by atoms with Crippen LogP contribution in [0.5, 0.6) is 11.5 Å². The van der Waals surface area contributed by atoms with Gasteiger partial charge in [0.1, 0.15) is 0 Å². The van der Waals surface area contributed by atoms with E-state index < -0.39 is 0 Å². The Kier molecular flexibility index (Phi) is 5.29. The summed E-state index contributed by atoms with van der Waals surface area (Å²) in [7, 11) is 0. The van der Waals surface area contributed by atoms with Gasteiger partial charge in [-0.05, 0) is 40.8 Å². The maximum atomic E-state index is 12.3. The van der Waals surface area contributed by atoms with Crippen molar-refractivity contribution in [2.45, 2.75) is 12.1 Å². The van der Waals surface area contributed by atoms with E-state index in [4.69, 9.17) is 9.47 Å². The summed E-state index contributed by atoms with van der Waals surface area (Å²) < 4.78 is 12.2. The zero-order chi connectivity index (χ0) is 20.2. The van der Waals surface area contributed by atoms with Gasteiger partial charge in [-0.25, -0.2) is 0 Å². The first kappa shape index (κ1) is 18.7. The van der Waals surface area contributed by atoms with Gasteiger partial charge in [0.25, 0.3) is 0 Å². The molecule has 2 aromatic carbocycles. The minimum absolute atomic E-state index is 0.106. The topological polar surface area (TPSA) is 120 Å². The lowest BCUT2D eigenvalue weighted by Crippen LogP contribution is -2.15. The molecule has 0 saturated heterocycles. The Morgan fingerprint density at radius 3 is 2.72 bits per heavy atom. The molecule has 2 heterocycles. The summed E-state index contributed by atoms with van der Waals surface area (Å²) in [6.07, 6.45) is 0. The van der Waals surface area contributed by atoms with E-state index in [1.807, 2.05) is 6.07 Å². The van der Waals surface area contributed by atoms with Gasteiger partial charge in [-0.1, -0.05) is 17.8 Å². The summed E-state index contributed by atoms with van der Waals surface area (Å²) in [5, 5.41) is 17.6. The number of fused-ring (bicyclic) bond motifs is 1. The molecule has 2 N–H and O–H groups in total. The van der Waals surface area contributed by atoms with Crippen molar-refractivity contribution in [3.8, 4) is 17.2 Å². The van der Waals surface area contributed by atoms with E-state index in [-0.39, 0.29) is 24.4 Å². The molecular formula is C18H16N6O4S. The molecular weight excluding hydrogens is 396 g/mol. The van der Waals surface area contributed by atoms with Gasteiger partial charge in [0.15, 0.2) is 11.5 Å². The molecule has 0 atom stereocenters. The highest BCUT2D eigenvalue weighted by Crippen LogP contribution is 2.34. The Hall–Kier alpha value is -3.60. The van der Waals surface area contributed by atoms with Crippen molar-refractivity contribution < 1.29 is 19.1 Å². The van der Waals surface area contributed by atoms with Gasteiger partial charge in [0, 0.05) is 24.4 Å². The Balaban J connectivity index is 1.39. The molecule has 11 heteroatoms. The van der Waals surface area contributed by atoms with E-state index in [9.17, 15) is 9.59 Å². The van der Waals surface area contributed by atoms with Crippen LogP contribution in [0.1, 0.15) is 6.92 Å². The molecule has 0 unspecified atom stereocenters. The summed E-state index contributed by atoms with van der Waals surface area (Å²) in [6, 6.07) is 12.3. The molecule has 29 heavy (non-hydrogen) atoms. The van der Waals surface area contributed by atoms with Crippen molar-refractivity contribution in [2.24, 2.45) is 0 Å². The van der Waals surface area contributed by atoms with E-state index in [0.29, 0.717) is 33.7 Å². The predicted molar refractivity (Wildman–Crippen MR) is 105 cm³/mol. The Labute approximate surface area is 169 Å². The number of hydrogen-bond donors (Lipinski definition) is 2. The van der Waals surface area contributed by atoms with Gasteiger partial charge >= 0.3 is 0 Å². The second-order valence-electron chi connectivity index (χ2n) is 6.01. The van der Waals surface area contributed by atoms with Crippen molar-refractivity contribution in [1.82, 2.24) is 20.2 Å². The molecule has 0 radical (unpaired) electrons. The zero-order valence-electron chi connectivity index (χ0n) is 15.3. The molecule has 0 fully saturated rings. The number of benzene rings is 2. The second kappa shape index (κ2) is 8.19. The number of carbonyl (C=O) groups excluding carboxylic acids is 2. The van der Waals surface area contributed by atoms with Gasteiger partial charge in [-0.2, -0.15) is 4.68 Å². The van der Waals surface area contributed by atoms with Crippen LogP contribution in [0.3, 0.4) is 0 Å². The molecule has 0 bridgehead atoms. The summed E-state index contributed by atoms with van der Waals surface area (Å²) in [5.41, 5.74) is 1.89. The van der Waals surface area contributed by atoms with E-state index in [0.717, 1.165) is 0 Å². The lowest BCUT2D eigenvalue weighted by Gasteiger charge is -2.08. The average Bonchev–Trinajstić information content (AvgIpc) is 3.34. The van der Waals surface area contributed by atoms with Gasteiger partial charge < -0.3 is 20.1 Å². The summed E-state index contributed by atoms with van der Waals surface area (Å²) in [4.78, 5) is 23.5. The van der Waals surface area contributed by atoms with Gasteiger partial charge in [0.2, 0.25) is 23.8 Å². The number of nitrogens with zero attached hydrogens (tertiary/aromatic N) is 4. The molecule has 2 amide bonds. The number of tetrazole rings is 1. The molecule has 1 aromatic heterocycles. The predicted octanol–water partition coefficient (Wildman–Crippen LogP) is 2.08. The minimum atomic E-state index is -0.227. The van der Waals surface area contributed by atoms with E-state index >= 15 is 0 Å². The van der Waals surface area contributed by atoms with Crippen LogP contribution in [-0.4, -0.2) is 44.6 Å². The van der Waals surface area contributed by atoms with Crippen molar-refractivity contribution >= 4 is 35.0 Å². The third-order valence-corrected chi connectivity index (χ3v) is 4.76. The highest BCUT2D eigenvalue weighted by atomic mass is 32.2. The zero-order valence-corrected chi connectivity index (χ0v) is 16.1. The van der Waals surface area contributed by atoms with Crippen LogP contribution >= 0.6 is 11.8 Å². The monoisotopic (exact) mass is 412 g/mol. The smallest absolute Gasteiger partial charge is 0.234 e. The lowest BCUT2D eigenvalue weighted by molar-refractivity contribution is -0.114. The number of amides is 2. The maximum absolute atomic E-state index is 12.3. The van der Waals surface area contributed by atoms with Crippen molar-refractivity contribution in [3.05, 3.63) is 42.5 Å². The van der Waals surface area contributed by atoms with E-state index in [1.165, 1.54) is 23.4 Å². The highest BCUT2D eigenvalue weighted by molar-refractivity contribution is 7.99. The van der Waals surface area contributed by atoms with Crippen molar-refractivity contribution in [3.63, 3.8) is 0 Å². The van der Waals surface area contributed by atoms with Crippen LogP contribution in [-0.2, 0) is 9.59 Å². The highest BCUT2D eigenvalue weighted by Gasteiger charge is 2.17. The molecule has 1 aliphatic rings. The van der Waals surface area contributed by atoms with Gasteiger partial charge in [-0.3, -0.25) is 9.59 Å². The normalized spacial score (nSPS) is 11.9. The van der Waals surface area contributed by atoms with Crippen molar-refractivity contribution in [1.29, 1.82) is 0 Å². The van der Waals surface area contributed by atoms with Gasteiger partial charge in [0.05, 0.1) is 11.4 Å². The first-order chi connectivity index (χ1) is 14.1. The Morgan fingerprint density at radius 2 is 1.90 bits per heavy atom. The molecule has 1 aliphatic heterocycles. The number of hydrogen-bond acceptors (Lipinski definition) is 8. The fourth-order valence-electron chi connectivity index (χ4n) is 2.65. The number of ether oxygens (including phenoxy) is 2. The number of thioether (sulfide) groups is 1. The fraction of sp³-hybridized carbons (Fsp3) is 0.167. The number of rotatable bonds is 6. The largest absolute Gasteiger partial charge is 0.454 e. The Bertz CT molecular complexity index is 1070. The summed E-state index contributed by atoms with van der Waals surface area (Å²) in [5.74, 6) is 0.979.